The molecule has 1 aromatic carbocycles. The molecule has 1 aliphatic heterocycles. The third-order valence-electron chi connectivity index (χ3n) is 3.80. The van der Waals surface area contributed by atoms with Crippen molar-refractivity contribution in [2.24, 2.45) is 0 Å². The smallest absolute Gasteiger partial charge is 0.159 e. The fraction of sp³-hybridized carbons (Fsp3) is 0.600. The lowest BCUT2D eigenvalue weighted by atomic mass is 9.91. The fourth-order valence-corrected chi connectivity index (χ4v) is 2.44. The minimum Gasteiger partial charge on any atom is -0.309 e. The zero-order valence-electron chi connectivity index (χ0n) is 12.1. The van der Waals surface area contributed by atoms with Crippen molar-refractivity contribution in [3.8, 4) is 0 Å². The van der Waals surface area contributed by atoms with Gasteiger partial charge in [0.1, 0.15) is 0 Å². The summed E-state index contributed by atoms with van der Waals surface area (Å²) >= 11 is 0. The summed E-state index contributed by atoms with van der Waals surface area (Å²) in [7, 11) is 0. The van der Waals surface area contributed by atoms with E-state index in [1.165, 1.54) is 12.1 Å². The minimum atomic E-state index is -0.788. The Morgan fingerprint density at radius 1 is 1.16 bits per heavy atom. The van der Waals surface area contributed by atoms with Crippen LogP contribution in [0.3, 0.4) is 0 Å². The lowest BCUT2D eigenvalue weighted by Gasteiger charge is -2.49. The number of hydrogen-bond acceptors (Lipinski definition) is 2. The third kappa shape index (κ3) is 3.31. The van der Waals surface area contributed by atoms with Crippen LogP contribution in [-0.2, 0) is 6.54 Å². The highest BCUT2D eigenvalue weighted by atomic mass is 19.2. The number of rotatable bonds is 2. The Balaban J connectivity index is 2.17. The van der Waals surface area contributed by atoms with E-state index >= 15 is 0 Å². The van der Waals surface area contributed by atoms with Gasteiger partial charge in [-0.1, -0.05) is 6.07 Å². The summed E-state index contributed by atoms with van der Waals surface area (Å²) in [4.78, 5) is 2.32. The molecule has 0 spiro atoms. The van der Waals surface area contributed by atoms with Crippen molar-refractivity contribution in [2.45, 2.75) is 45.3 Å². The number of piperazine rings is 1. The van der Waals surface area contributed by atoms with Gasteiger partial charge in [-0.3, -0.25) is 4.90 Å². The first-order chi connectivity index (χ1) is 8.70. The third-order valence-corrected chi connectivity index (χ3v) is 3.80. The SMILES string of the molecule is CC1(C)CN(Cc2ccc(F)c(F)c2)C(C)(C)CN1. The van der Waals surface area contributed by atoms with Crippen molar-refractivity contribution in [1.82, 2.24) is 10.2 Å². The van der Waals surface area contributed by atoms with Gasteiger partial charge in [-0.15, -0.1) is 0 Å². The molecule has 19 heavy (non-hydrogen) atoms. The molecular formula is C15H22F2N2. The van der Waals surface area contributed by atoms with Gasteiger partial charge in [-0.2, -0.15) is 0 Å². The van der Waals surface area contributed by atoms with Crippen LogP contribution in [0.25, 0.3) is 0 Å². The largest absolute Gasteiger partial charge is 0.309 e. The standard InChI is InChI=1S/C15H22F2N2/c1-14(2)10-19(15(3,4)9-18-14)8-11-5-6-12(16)13(17)7-11/h5-7,18H,8-10H2,1-4H3. The number of nitrogens with zero attached hydrogens (tertiary/aromatic N) is 1. The van der Waals surface area contributed by atoms with Crippen LogP contribution in [-0.4, -0.2) is 29.1 Å². The van der Waals surface area contributed by atoms with Gasteiger partial charge in [-0.05, 0) is 45.4 Å². The van der Waals surface area contributed by atoms with E-state index in [0.717, 1.165) is 18.7 Å². The first kappa shape index (κ1) is 14.4. The van der Waals surface area contributed by atoms with Crippen LogP contribution >= 0.6 is 0 Å². The highest BCUT2D eigenvalue weighted by molar-refractivity contribution is 5.18. The predicted octanol–water partition coefficient (Wildman–Crippen LogP) is 2.93. The Kier molecular flexibility index (Phi) is 3.67. The second-order valence-electron chi connectivity index (χ2n) is 6.65. The number of benzene rings is 1. The topological polar surface area (TPSA) is 15.3 Å². The first-order valence-electron chi connectivity index (χ1n) is 6.64. The van der Waals surface area contributed by atoms with Gasteiger partial charge < -0.3 is 5.32 Å². The number of halogens is 2. The summed E-state index contributed by atoms with van der Waals surface area (Å²) in [5, 5.41) is 3.51. The molecule has 0 bridgehead atoms. The molecule has 0 radical (unpaired) electrons. The zero-order valence-corrected chi connectivity index (χ0v) is 12.1. The molecular weight excluding hydrogens is 246 g/mol. The summed E-state index contributed by atoms with van der Waals surface area (Å²) < 4.78 is 26.2. The van der Waals surface area contributed by atoms with Gasteiger partial charge in [0.2, 0.25) is 0 Å². The van der Waals surface area contributed by atoms with E-state index in [-0.39, 0.29) is 11.1 Å². The van der Waals surface area contributed by atoms with Crippen LogP contribution in [0.4, 0.5) is 8.78 Å². The molecule has 0 atom stereocenters. The molecule has 0 unspecified atom stereocenters. The van der Waals surface area contributed by atoms with Gasteiger partial charge in [0.05, 0.1) is 0 Å². The molecule has 1 aliphatic rings. The monoisotopic (exact) mass is 268 g/mol. The second-order valence-corrected chi connectivity index (χ2v) is 6.65. The maximum absolute atomic E-state index is 13.3. The van der Waals surface area contributed by atoms with Crippen LogP contribution in [0.1, 0.15) is 33.3 Å². The number of hydrogen-bond donors (Lipinski definition) is 1. The summed E-state index contributed by atoms with van der Waals surface area (Å²) in [5.74, 6) is -1.56. The molecule has 0 amide bonds. The first-order valence-corrected chi connectivity index (χ1v) is 6.64. The lowest BCUT2D eigenvalue weighted by molar-refractivity contribution is 0.0323. The van der Waals surface area contributed by atoms with Crippen molar-refractivity contribution >= 4 is 0 Å². The van der Waals surface area contributed by atoms with E-state index in [1.807, 2.05) is 0 Å². The fourth-order valence-electron chi connectivity index (χ4n) is 2.44. The van der Waals surface area contributed by atoms with E-state index < -0.39 is 11.6 Å². The van der Waals surface area contributed by atoms with E-state index in [4.69, 9.17) is 0 Å². The van der Waals surface area contributed by atoms with Crippen LogP contribution in [0.2, 0.25) is 0 Å². The van der Waals surface area contributed by atoms with Gasteiger partial charge in [0, 0.05) is 30.7 Å². The highest BCUT2D eigenvalue weighted by Gasteiger charge is 2.37. The van der Waals surface area contributed by atoms with Crippen molar-refractivity contribution in [2.75, 3.05) is 13.1 Å². The molecule has 1 aromatic rings. The van der Waals surface area contributed by atoms with Crippen LogP contribution in [0, 0.1) is 11.6 Å². The molecule has 1 saturated heterocycles. The maximum Gasteiger partial charge on any atom is 0.159 e. The Morgan fingerprint density at radius 2 is 1.84 bits per heavy atom. The molecule has 2 nitrogen and oxygen atoms in total. The Labute approximate surface area is 113 Å². The molecule has 0 aromatic heterocycles. The predicted molar refractivity (Wildman–Crippen MR) is 72.9 cm³/mol. The second kappa shape index (κ2) is 4.84. The molecule has 2 rings (SSSR count). The average molecular weight is 268 g/mol. The normalized spacial score (nSPS) is 22.4. The summed E-state index contributed by atoms with van der Waals surface area (Å²) in [6.45, 7) is 11.0. The molecule has 1 heterocycles. The summed E-state index contributed by atoms with van der Waals surface area (Å²) in [5.41, 5.74) is 0.846. The molecule has 0 aliphatic carbocycles. The average Bonchev–Trinajstić information content (AvgIpc) is 2.29. The Bertz CT molecular complexity index is 469. The molecule has 1 fully saturated rings. The van der Waals surface area contributed by atoms with Crippen molar-refractivity contribution < 1.29 is 8.78 Å². The van der Waals surface area contributed by atoms with Gasteiger partial charge in [-0.25, -0.2) is 8.78 Å². The zero-order chi connectivity index (χ0) is 14.3. The maximum atomic E-state index is 13.3. The van der Waals surface area contributed by atoms with E-state index in [0.29, 0.717) is 6.54 Å². The van der Waals surface area contributed by atoms with Gasteiger partial charge in [0.15, 0.2) is 11.6 Å². The van der Waals surface area contributed by atoms with Crippen LogP contribution in [0.5, 0.6) is 0 Å². The van der Waals surface area contributed by atoms with Gasteiger partial charge >= 0.3 is 0 Å². The van der Waals surface area contributed by atoms with Gasteiger partial charge in [0.25, 0.3) is 0 Å². The van der Waals surface area contributed by atoms with Crippen molar-refractivity contribution in [1.29, 1.82) is 0 Å². The minimum absolute atomic E-state index is 0.000379. The molecule has 106 valence electrons. The summed E-state index contributed by atoms with van der Waals surface area (Å²) in [6.07, 6.45) is 0. The van der Waals surface area contributed by atoms with Crippen molar-refractivity contribution in [3.63, 3.8) is 0 Å². The van der Waals surface area contributed by atoms with Crippen LogP contribution in [0.15, 0.2) is 18.2 Å². The van der Waals surface area contributed by atoms with E-state index in [9.17, 15) is 8.78 Å². The summed E-state index contributed by atoms with van der Waals surface area (Å²) in [6, 6.07) is 4.15. The Hall–Kier alpha value is -1.00. The van der Waals surface area contributed by atoms with Crippen LogP contribution < -0.4 is 5.32 Å². The molecule has 0 saturated carbocycles. The quantitative estimate of drug-likeness (QED) is 0.887. The highest BCUT2D eigenvalue weighted by Crippen LogP contribution is 2.25. The molecule has 1 N–H and O–H groups in total. The lowest BCUT2D eigenvalue weighted by Crippen LogP contribution is -2.65. The van der Waals surface area contributed by atoms with Crippen molar-refractivity contribution in [3.05, 3.63) is 35.4 Å². The Morgan fingerprint density at radius 3 is 2.47 bits per heavy atom. The van der Waals surface area contributed by atoms with E-state index in [1.54, 1.807) is 6.07 Å². The number of nitrogens with one attached hydrogen (secondary N) is 1. The molecule has 4 heteroatoms. The van der Waals surface area contributed by atoms with E-state index in [2.05, 4.69) is 37.9 Å².